The zero-order valence-corrected chi connectivity index (χ0v) is 29.0. The normalized spacial score (nSPS) is 20.5. The van der Waals surface area contributed by atoms with Crippen molar-refractivity contribution in [2.24, 2.45) is 22.4 Å². The maximum absolute atomic E-state index is 14.2. The first-order valence-corrected chi connectivity index (χ1v) is 17.7. The molecule has 0 aromatic heterocycles. The lowest BCUT2D eigenvalue weighted by Crippen LogP contribution is -2.61. The fourth-order valence-electron chi connectivity index (χ4n) is 7.24. The molecule has 0 aliphatic carbocycles. The number of carboxylic acids is 1. The molecule has 6 atom stereocenters. The van der Waals surface area contributed by atoms with E-state index in [-0.39, 0.29) is 55.5 Å². The Morgan fingerprint density at radius 2 is 1.44 bits per heavy atom. The number of nitrogens with zero attached hydrogens (tertiary/aromatic N) is 2. The van der Waals surface area contributed by atoms with Gasteiger partial charge in [0.25, 0.3) is 0 Å². The fraction of sp³-hybridized carbons (Fsp3) is 0.385. The lowest BCUT2D eigenvalue weighted by Gasteiger charge is -2.39. The SMILES string of the molecule is NC(N)=NCCC[C@H](NC(=O)[C@@H]1C[C@@H](Cc2ccccc2)[C@@H]2CCC(NC(=O)Cc3ccccc3)C(=O)N12)C(=O)N[C@@H](Cc1ccccc1)C(=O)O. The van der Waals surface area contributed by atoms with Gasteiger partial charge < -0.3 is 37.4 Å². The second kappa shape index (κ2) is 18.0. The number of carbonyl (C=O) groups excluding carboxylic acids is 4. The van der Waals surface area contributed by atoms with Gasteiger partial charge >= 0.3 is 5.97 Å². The van der Waals surface area contributed by atoms with Crippen LogP contribution in [0.3, 0.4) is 0 Å². The van der Waals surface area contributed by atoms with Gasteiger partial charge in [-0.3, -0.25) is 24.2 Å². The van der Waals surface area contributed by atoms with Gasteiger partial charge in [-0.05, 0) is 61.1 Å². The molecule has 0 saturated carbocycles. The number of aliphatic imine (C=N–C) groups is 1. The largest absolute Gasteiger partial charge is 0.480 e. The van der Waals surface area contributed by atoms with Crippen molar-refractivity contribution in [3.05, 3.63) is 108 Å². The average Bonchev–Trinajstić information content (AvgIpc) is 3.50. The van der Waals surface area contributed by atoms with Crippen molar-refractivity contribution in [1.29, 1.82) is 0 Å². The molecule has 2 saturated heterocycles. The van der Waals surface area contributed by atoms with Crippen molar-refractivity contribution in [2.45, 2.75) is 81.6 Å². The monoisotopic (exact) mass is 709 g/mol. The van der Waals surface area contributed by atoms with Crippen LogP contribution in [0.15, 0.2) is 96.0 Å². The summed E-state index contributed by atoms with van der Waals surface area (Å²) < 4.78 is 0. The molecule has 2 aliphatic rings. The number of benzene rings is 3. The molecule has 4 amide bonds. The highest BCUT2D eigenvalue weighted by atomic mass is 16.4. The molecule has 0 radical (unpaired) electrons. The fourth-order valence-corrected chi connectivity index (χ4v) is 7.24. The number of amides is 4. The number of piperidine rings is 1. The number of aliphatic carboxylic acids is 1. The van der Waals surface area contributed by atoms with Crippen LogP contribution in [0.4, 0.5) is 0 Å². The van der Waals surface area contributed by atoms with Crippen LogP contribution in [0.2, 0.25) is 0 Å². The Morgan fingerprint density at radius 1 is 0.827 bits per heavy atom. The smallest absolute Gasteiger partial charge is 0.326 e. The van der Waals surface area contributed by atoms with E-state index in [0.717, 1.165) is 16.7 Å². The standard InChI is InChI=1S/C39H47N7O6/c40-39(41)42-20-10-17-29(35(48)45-31(38(51)52)22-26-13-6-2-7-14-26)44-36(49)33-24-28(21-25-11-4-1-5-12-25)32-19-18-30(37(50)46(32)33)43-34(47)23-27-15-8-3-9-16-27/h1-9,11-16,28-33H,10,17-24H2,(H,43,47)(H,44,49)(H,45,48)(H,51,52)(H4,40,41,42)/t28-,29+,30?,31+,32+,33+/m1/s1. The van der Waals surface area contributed by atoms with E-state index in [1.807, 2.05) is 66.7 Å². The minimum absolute atomic E-state index is 0.0422. The second-order valence-electron chi connectivity index (χ2n) is 13.5. The highest BCUT2D eigenvalue weighted by molar-refractivity contribution is 5.96. The Labute approximate surface area is 303 Å². The Kier molecular flexibility index (Phi) is 13.0. The third kappa shape index (κ3) is 10.2. The minimum Gasteiger partial charge on any atom is -0.480 e. The minimum atomic E-state index is -1.25. The number of fused-ring (bicyclic) bond motifs is 1. The summed E-state index contributed by atoms with van der Waals surface area (Å²) in [6, 6.07) is 23.7. The van der Waals surface area contributed by atoms with E-state index >= 15 is 0 Å². The molecule has 2 aliphatic heterocycles. The van der Waals surface area contributed by atoms with E-state index in [9.17, 15) is 29.1 Å². The van der Waals surface area contributed by atoms with Gasteiger partial charge in [0.15, 0.2) is 5.96 Å². The van der Waals surface area contributed by atoms with E-state index in [4.69, 9.17) is 11.5 Å². The zero-order valence-electron chi connectivity index (χ0n) is 29.0. The van der Waals surface area contributed by atoms with Crippen molar-refractivity contribution < 1.29 is 29.1 Å². The van der Waals surface area contributed by atoms with Gasteiger partial charge in [-0.1, -0.05) is 91.0 Å². The van der Waals surface area contributed by atoms with Gasteiger partial charge in [0.1, 0.15) is 24.2 Å². The van der Waals surface area contributed by atoms with Crippen LogP contribution >= 0.6 is 0 Å². The van der Waals surface area contributed by atoms with Gasteiger partial charge in [0.05, 0.1) is 6.42 Å². The molecule has 1 unspecified atom stereocenters. The summed E-state index contributed by atoms with van der Waals surface area (Å²) in [5.41, 5.74) is 13.6. The summed E-state index contributed by atoms with van der Waals surface area (Å²) in [6.07, 6.45) is 2.62. The number of carboxylic acid groups (broad SMARTS) is 1. The summed E-state index contributed by atoms with van der Waals surface area (Å²) >= 11 is 0. The van der Waals surface area contributed by atoms with Gasteiger partial charge in [-0.2, -0.15) is 0 Å². The number of nitrogens with two attached hydrogens (primary N) is 2. The molecule has 2 fully saturated rings. The van der Waals surface area contributed by atoms with Crippen molar-refractivity contribution in [3.8, 4) is 0 Å². The first-order valence-electron chi connectivity index (χ1n) is 17.7. The highest BCUT2D eigenvalue weighted by Crippen LogP contribution is 2.39. The summed E-state index contributed by atoms with van der Waals surface area (Å²) in [5.74, 6) is -3.20. The lowest BCUT2D eigenvalue weighted by atomic mass is 9.86. The molecule has 3 aromatic carbocycles. The van der Waals surface area contributed by atoms with Crippen molar-refractivity contribution in [1.82, 2.24) is 20.9 Å². The molecule has 274 valence electrons. The second-order valence-corrected chi connectivity index (χ2v) is 13.5. The zero-order chi connectivity index (χ0) is 37.0. The molecule has 3 aromatic rings. The highest BCUT2D eigenvalue weighted by Gasteiger charge is 2.51. The molecule has 8 N–H and O–H groups in total. The number of hydrogen-bond donors (Lipinski definition) is 6. The van der Waals surface area contributed by atoms with Crippen molar-refractivity contribution in [2.75, 3.05) is 6.54 Å². The predicted molar refractivity (Wildman–Crippen MR) is 196 cm³/mol. The van der Waals surface area contributed by atoms with E-state index in [1.54, 1.807) is 29.2 Å². The molecular weight excluding hydrogens is 662 g/mol. The molecule has 5 rings (SSSR count). The van der Waals surface area contributed by atoms with E-state index in [1.165, 1.54) is 0 Å². The number of guanidine groups is 1. The first kappa shape index (κ1) is 37.5. The van der Waals surface area contributed by atoms with Crippen LogP contribution in [-0.2, 0) is 43.2 Å². The Balaban J connectivity index is 1.34. The molecule has 52 heavy (non-hydrogen) atoms. The van der Waals surface area contributed by atoms with Gasteiger partial charge in [0, 0.05) is 19.0 Å². The van der Waals surface area contributed by atoms with Gasteiger partial charge in [-0.25, -0.2) is 4.79 Å². The van der Waals surface area contributed by atoms with Crippen LogP contribution in [-0.4, -0.2) is 82.3 Å². The summed E-state index contributed by atoms with van der Waals surface area (Å²) in [5, 5.41) is 18.3. The summed E-state index contributed by atoms with van der Waals surface area (Å²) in [6.45, 7) is 0.188. The first-order chi connectivity index (χ1) is 25.1. The number of hydrogen-bond acceptors (Lipinski definition) is 6. The maximum atomic E-state index is 14.2. The molecule has 13 heteroatoms. The van der Waals surface area contributed by atoms with Crippen LogP contribution in [0.25, 0.3) is 0 Å². The molecule has 0 bridgehead atoms. The summed E-state index contributed by atoms with van der Waals surface area (Å²) in [7, 11) is 0. The average molecular weight is 710 g/mol. The molecular formula is C39H47N7O6. The van der Waals surface area contributed by atoms with Crippen LogP contribution in [0.5, 0.6) is 0 Å². The number of rotatable bonds is 16. The van der Waals surface area contributed by atoms with Crippen LogP contribution in [0.1, 0.15) is 48.8 Å². The van der Waals surface area contributed by atoms with Crippen LogP contribution < -0.4 is 27.4 Å². The topological polar surface area (TPSA) is 209 Å². The third-order valence-corrected chi connectivity index (χ3v) is 9.73. The van der Waals surface area contributed by atoms with Crippen LogP contribution in [0, 0.1) is 5.92 Å². The Morgan fingerprint density at radius 3 is 2.06 bits per heavy atom. The van der Waals surface area contributed by atoms with E-state index in [2.05, 4.69) is 20.9 Å². The Bertz CT molecular complexity index is 1720. The van der Waals surface area contributed by atoms with Gasteiger partial charge in [0.2, 0.25) is 23.6 Å². The predicted octanol–water partition coefficient (Wildman–Crippen LogP) is 1.69. The summed E-state index contributed by atoms with van der Waals surface area (Å²) in [4.78, 5) is 72.8. The van der Waals surface area contributed by atoms with Crippen molar-refractivity contribution in [3.63, 3.8) is 0 Å². The van der Waals surface area contributed by atoms with E-state index < -0.39 is 42.0 Å². The maximum Gasteiger partial charge on any atom is 0.326 e. The number of nitrogens with one attached hydrogen (secondary N) is 3. The quantitative estimate of drug-likeness (QED) is 0.0731. The van der Waals surface area contributed by atoms with Gasteiger partial charge in [-0.15, -0.1) is 0 Å². The molecule has 2 heterocycles. The number of carbonyl (C=O) groups is 5. The lowest BCUT2D eigenvalue weighted by molar-refractivity contribution is -0.147. The Hall–Kier alpha value is -5.72. The molecule has 0 spiro atoms. The third-order valence-electron chi connectivity index (χ3n) is 9.73. The van der Waals surface area contributed by atoms with Crippen molar-refractivity contribution >= 4 is 35.6 Å². The van der Waals surface area contributed by atoms with E-state index in [0.29, 0.717) is 32.1 Å². The molecule has 13 nitrogen and oxygen atoms in total.